The Hall–Kier alpha value is -2.57. The summed E-state index contributed by atoms with van der Waals surface area (Å²) in [6, 6.07) is -2.11. The Labute approximate surface area is 236 Å². The Bertz CT molecular complexity index is 1050. The van der Waals surface area contributed by atoms with E-state index in [-0.39, 0.29) is 30.8 Å². The lowest BCUT2D eigenvalue weighted by atomic mass is 9.79. The van der Waals surface area contributed by atoms with Crippen LogP contribution in [-0.2, 0) is 24.0 Å². The molecule has 2 aliphatic carbocycles. The Morgan fingerprint density at radius 1 is 1.15 bits per heavy atom. The first-order chi connectivity index (χ1) is 18.6. The molecule has 2 aliphatic heterocycles. The second kappa shape index (κ2) is 11.4. The summed E-state index contributed by atoms with van der Waals surface area (Å²) in [5, 5.41) is 5.98. The molecule has 0 spiro atoms. The van der Waals surface area contributed by atoms with E-state index in [9.17, 15) is 37.1 Å². The van der Waals surface area contributed by atoms with Crippen molar-refractivity contribution in [1.82, 2.24) is 26.0 Å². The van der Waals surface area contributed by atoms with E-state index in [1.165, 1.54) is 4.90 Å². The van der Waals surface area contributed by atoms with Crippen molar-refractivity contribution in [3.05, 3.63) is 0 Å². The van der Waals surface area contributed by atoms with E-state index in [0.717, 1.165) is 12.8 Å². The number of carbonyl (C=O) groups is 5. The van der Waals surface area contributed by atoms with Crippen molar-refractivity contribution >= 4 is 41.1 Å². The minimum Gasteiger partial charge on any atom is -0.356 e. The summed E-state index contributed by atoms with van der Waals surface area (Å²) in [7, 11) is 0. The van der Waals surface area contributed by atoms with Crippen molar-refractivity contribution in [2.45, 2.75) is 82.9 Å². The second-order valence-corrected chi connectivity index (χ2v) is 12.9. The highest BCUT2D eigenvalue weighted by Gasteiger charge is 2.54. The summed E-state index contributed by atoms with van der Waals surface area (Å²) in [4.78, 5) is 66.4. The molecule has 3 N–H and O–H groups in total. The Morgan fingerprint density at radius 2 is 1.82 bits per heavy atom. The van der Waals surface area contributed by atoms with Gasteiger partial charge >= 0.3 is 0 Å². The summed E-state index contributed by atoms with van der Waals surface area (Å²) < 4.78 is 40.6. The molecule has 10 nitrogen and oxygen atoms in total. The summed E-state index contributed by atoms with van der Waals surface area (Å²) >= 11 is 5.39. The molecule has 4 rings (SSSR count). The van der Waals surface area contributed by atoms with Crippen molar-refractivity contribution in [2.24, 2.45) is 29.1 Å². The number of halogens is 4. The standard InChI is InChI=1S/C26H37ClF3N5O5/c1-25(2,3)18(32-21(37)15-9-26(29,30)10-15)23(39)34-11-13-5-4-6-16(13)17(34)22(38)33-35(24(40)19(27)28)12-14-7-8-31-20(14)36/h13-19H,4-12H2,1-3H3,(H,31,36)(H,32,37)(H,33,38)/t13-,14-,16-,17-,18?,19?/m0/s1. The lowest BCUT2D eigenvalue weighted by Crippen LogP contribution is -2.61. The van der Waals surface area contributed by atoms with Crippen LogP contribution in [0.15, 0.2) is 0 Å². The molecule has 2 saturated carbocycles. The molecule has 14 heteroatoms. The Morgan fingerprint density at radius 3 is 2.38 bits per heavy atom. The molecule has 4 aliphatic rings. The van der Waals surface area contributed by atoms with E-state index < -0.39 is 77.4 Å². The first-order valence-corrected chi connectivity index (χ1v) is 14.2. The number of fused-ring (bicyclic) bond motifs is 1. The molecule has 4 fully saturated rings. The maximum absolute atomic E-state index is 13.9. The zero-order chi connectivity index (χ0) is 29.6. The van der Waals surface area contributed by atoms with Gasteiger partial charge in [0.2, 0.25) is 23.6 Å². The van der Waals surface area contributed by atoms with Gasteiger partial charge in [0, 0.05) is 31.8 Å². The van der Waals surface area contributed by atoms with Crippen molar-refractivity contribution < 1.29 is 37.1 Å². The first kappa shape index (κ1) is 30.4. The van der Waals surface area contributed by atoms with Gasteiger partial charge in [-0.1, -0.05) is 38.8 Å². The quantitative estimate of drug-likeness (QED) is 0.307. The largest absolute Gasteiger partial charge is 0.356 e. The molecule has 0 radical (unpaired) electrons. The van der Waals surface area contributed by atoms with Gasteiger partial charge < -0.3 is 15.5 Å². The molecule has 5 amide bonds. The van der Waals surface area contributed by atoms with Crippen LogP contribution in [0.5, 0.6) is 0 Å². The minimum atomic E-state index is -2.90. The summed E-state index contributed by atoms with van der Waals surface area (Å²) in [6.45, 7) is 5.52. The highest BCUT2D eigenvalue weighted by atomic mass is 35.5. The lowest BCUT2D eigenvalue weighted by Gasteiger charge is -2.39. The number of nitrogens with zero attached hydrogens (tertiary/aromatic N) is 2. The van der Waals surface area contributed by atoms with Crippen LogP contribution in [0.1, 0.15) is 59.3 Å². The fourth-order valence-electron chi connectivity index (χ4n) is 6.34. The Balaban J connectivity index is 1.54. The average Bonchev–Trinajstić information content (AvgIpc) is 3.54. The maximum Gasteiger partial charge on any atom is 0.291 e. The fraction of sp³-hybridized carbons (Fsp3) is 0.808. The van der Waals surface area contributed by atoms with Crippen LogP contribution < -0.4 is 16.1 Å². The number of amides is 5. The highest BCUT2D eigenvalue weighted by Crippen LogP contribution is 2.44. The normalized spacial score (nSPS) is 29.2. The second-order valence-electron chi connectivity index (χ2n) is 12.6. The van der Waals surface area contributed by atoms with Gasteiger partial charge in [-0.25, -0.2) is 18.2 Å². The number of hydrazine groups is 1. The number of alkyl halides is 4. The highest BCUT2D eigenvalue weighted by molar-refractivity contribution is 6.29. The van der Waals surface area contributed by atoms with Gasteiger partial charge in [-0.2, -0.15) is 0 Å². The number of rotatable bonds is 7. The van der Waals surface area contributed by atoms with Crippen LogP contribution in [0.4, 0.5) is 13.2 Å². The number of hydrogen-bond acceptors (Lipinski definition) is 5. The monoisotopic (exact) mass is 591 g/mol. The lowest BCUT2D eigenvalue weighted by molar-refractivity contribution is -0.155. The van der Waals surface area contributed by atoms with Crippen molar-refractivity contribution in [1.29, 1.82) is 0 Å². The maximum atomic E-state index is 13.9. The molecule has 6 atom stereocenters. The molecule has 2 heterocycles. The summed E-state index contributed by atoms with van der Waals surface area (Å²) in [6.07, 6.45) is 1.49. The third-order valence-electron chi connectivity index (χ3n) is 8.57. The minimum absolute atomic E-state index is 0.00746. The van der Waals surface area contributed by atoms with E-state index in [4.69, 9.17) is 11.6 Å². The average molecular weight is 592 g/mol. The molecule has 40 heavy (non-hydrogen) atoms. The Kier molecular flexibility index (Phi) is 8.64. The molecule has 0 aromatic carbocycles. The molecular weight excluding hydrogens is 555 g/mol. The zero-order valence-electron chi connectivity index (χ0n) is 22.9. The predicted molar refractivity (Wildman–Crippen MR) is 137 cm³/mol. The molecule has 2 unspecified atom stereocenters. The van der Waals surface area contributed by atoms with Gasteiger partial charge in [0.25, 0.3) is 17.4 Å². The van der Waals surface area contributed by atoms with Crippen LogP contribution in [0.3, 0.4) is 0 Å². The topological polar surface area (TPSA) is 128 Å². The molecular formula is C26H37ClF3N5O5. The smallest absolute Gasteiger partial charge is 0.291 e. The van der Waals surface area contributed by atoms with Crippen LogP contribution in [0.25, 0.3) is 0 Å². The van der Waals surface area contributed by atoms with Gasteiger partial charge in [0.1, 0.15) is 12.1 Å². The molecule has 0 aromatic rings. The van der Waals surface area contributed by atoms with Gasteiger partial charge in [-0.15, -0.1) is 0 Å². The fourth-order valence-corrected chi connectivity index (χ4v) is 6.45. The van der Waals surface area contributed by atoms with Crippen LogP contribution in [0.2, 0.25) is 0 Å². The summed E-state index contributed by atoms with van der Waals surface area (Å²) in [5.41, 5.74) is -0.839. The van der Waals surface area contributed by atoms with Gasteiger partial charge in [0.15, 0.2) is 0 Å². The van der Waals surface area contributed by atoms with E-state index in [1.807, 2.05) is 0 Å². The van der Waals surface area contributed by atoms with E-state index in [0.29, 0.717) is 24.4 Å². The van der Waals surface area contributed by atoms with Gasteiger partial charge in [-0.3, -0.25) is 29.4 Å². The van der Waals surface area contributed by atoms with E-state index in [2.05, 4.69) is 16.1 Å². The van der Waals surface area contributed by atoms with Gasteiger partial charge in [0.05, 0.1) is 12.5 Å². The van der Waals surface area contributed by atoms with Crippen LogP contribution in [-0.4, -0.2) is 82.7 Å². The third-order valence-corrected chi connectivity index (χ3v) is 8.75. The van der Waals surface area contributed by atoms with Crippen LogP contribution in [0, 0.1) is 29.1 Å². The van der Waals surface area contributed by atoms with Crippen molar-refractivity contribution in [3.63, 3.8) is 0 Å². The van der Waals surface area contributed by atoms with Crippen molar-refractivity contribution in [2.75, 3.05) is 19.6 Å². The molecule has 0 bridgehead atoms. The van der Waals surface area contributed by atoms with E-state index >= 15 is 0 Å². The molecule has 2 saturated heterocycles. The number of carbonyl (C=O) groups excluding carboxylic acids is 5. The zero-order valence-corrected chi connectivity index (χ0v) is 23.6. The number of likely N-dealkylation sites (tertiary alicyclic amines) is 1. The molecule has 224 valence electrons. The van der Waals surface area contributed by atoms with Crippen molar-refractivity contribution in [3.8, 4) is 0 Å². The third kappa shape index (κ3) is 6.33. The number of nitrogens with one attached hydrogen (secondary N) is 3. The van der Waals surface area contributed by atoms with Gasteiger partial charge in [-0.05, 0) is 36.5 Å². The summed E-state index contributed by atoms with van der Waals surface area (Å²) in [5.74, 6) is -8.14. The van der Waals surface area contributed by atoms with E-state index in [1.54, 1.807) is 20.8 Å². The first-order valence-electron chi connectivity index (χ1n) is 13.8. The van der Waals surface area contributed by atoms with Crippen LogP contribution >= 0.6 is 11.6 Å². The SMILES string of the molecule is CC(C)(C)C(NC(=O)C1CC(F)(F)C1)C(=O)N1C[C@@H]2CCC[C@@H]2[C@H]1C(=O)NN(C[C@@H]1CCNC1=O)C(=O)C(F)Cl. The number of hydrogen-bond donors (Lipinski definition) is 3. The molecule has 0 aromatic heterocycles. The predicted octanol–water partition coefficient (Wildman–Crippen LogP) is 1.72.